The molecule has 3 heteroatoms. The summed E-state index contributed by atoms with van der Waals surface area (Å²) < 4.78 is 5.44. The highest BCUT2D eigenvalue weighted by molar-refractivity contribution is 7.98. The van der Waals surface area contributed by atoms with Gasteiger partial charge in [0.1, 0.15) is 17.3 Å². The highest BCUT2D eigenvalue weighted by atomic mass is 32.2. The monoisotopic (exact) mass is 220 g/mol. The molecule has 0 unspecified atom stereocenters. The molecule has 78 valence electrons. The minimum Gasteiger partial charge on any atom is -0.507 e. The Kier molecular flexibility index (Phi) is 3.02. The second-order valence-corrected chi connectivity index (χ2v) is 4.29. The summed E-state index contributed by atoms with van der Waals surface area (Å²) in [6, 6.07) is 11.2. The molecule has 15 heavy (non-hydrogen) atoms. The van der Waals surface area contributed by atoms with E-state index < -0.39 is 0 Å². The lowest BCUT2D eigenvalue weighted by Gasteiger charge is -2.01. The average molecular weight is 220 g/mol. The lowest BCUT2D eigenvalue weighted by atomic mass is 10.3. The van der Waals surface area contributed by atoms with Crippen molar-refractivity contribution in [1.82, 2.24) is 0 Å². The van der Waals surface area contributed by atoms with Gasteiger partial charge in [-0.25, -0.2) is 0 Å². The molecule has 0 saturated carbocycles. The number of hydrogen-bond donors (Lipinski definition) is 1. The third kappa shape index (κ3) is 2.57. The maximum atomic E-state index is 9.54. The van der Waals surface area contributed by atoms with Gasteiger partial charge >= 0.3 is 0 Å². The molecule has 0 atom stereocenters. The molecular formula is C12H12O2S. The van der Waals surface area contributed by atoms with Crippen LogP contribution in [0.3, 0.4) is 0 Å². The molecule has 0 aliphatic heterocycles. The van der Waals surface area contributed by atoms with Crippen molar-refractivity contribution in [3.8, 4) is 5.75 Å². The van der Waals surface area contributed by atoms with E-state index in [1.807, 2.05) is 37.3 Å². The van der Waals surface area contributed by atoms with Crippen LogP contribution in [-0.4, -0.2) is 5.11 Å². The van der Waals surface area contributed by atoms with E-state index in [-0.39, 0.29) is 0 Å². The summed E-state index contributed by atoms with van der Waals surface area (Å²) in [5, 5.41) is 9.54. The summed E-state index contributed by atoms with van der Waals surface area (Å²) in [5.74, 6) is 2.92. The van der Waals surface area contributed by atoms with Crippen molar-refractivity contribution < 1.29 is 9.52 Å². The minimum absolute atomic E-state index is 0.325. The number of furan rings is 1. The zero-order valence-electron chi connectivity index (χ0n) is 8.43. The van der Waals surface area contributed by atoms with Crippen LogP contribution in [-0.2, 0) is 5.75 Å². The van der Waals surface area contributed by atoms with Crippen molar-refractivity contribution >= 4 is 11.8 Å². The Bertz CT molecular complexity index is 448. The molecule has 0 amide bonds. The highest BCUT2D eigenvalue weighted by Crippen LogP contribution is 2.30. The smallest absolute Gasteiger partial charge is 0.129 e. The number of phenolic OH excluding ortho intramolecular Hbond substituents is 1. The van der Waals surface area contributed by atoms with E-state index in [2.05, 4.69) is 0 Å². The molecule has 2 nitrogen and oxygen atoms in total. The van der Waals surface area contributed by atoms with Crippen molar-refractivity contribution in [2.75, 3.05) is 0 Å². The molecule has 1 N–H and O–H groups in total. The van der Waals surface area contributed by atoms with E-state index in [0.29, 0.717) is 5.75 Å². The van der Waals surface area contributed by atoms with E-state index in [9.17, 15) is 5.11 Å². The van der Waals surface area contributed by atoms with Crippen LogP contribution in [0.15, 0.2) is 45.7 Å². The Morgan fingerprint density at radius 1 is 1.20 bits per heavy atom. The quantitative estimate of drug-likeness (QED) is 0.802. The molecule has 1 aromatic carbocycles. The Morgan fingerprint density at radius 3 is 2.67 bits per heavy atom. The van der Waals surface area contributed by atoms with Gasteiger partial charge in [-0.05, 0) is 31.2 Å². The number of rotatable bonds is 3. The fourth-order valence-electron chi connectivity index (χ4n) is 1.29. The molecule has 2 rings (SSSR count). The molecule has 0 bridgehead atoms. The van der Waals surface area contributed by atoms with Crippen molar-refractivity contribution in [2.24, 2.45) is 0 Å². The van der Waals surface area contributed by atoms with Gasteiger partial charge in [-0.2, -0.15) is 0 Å². The highest BCUT2D eigenvalue weighted by Gasteiger charge is 2.03. The molecular weight excluding hydrogens is 208 g/mol. The first kappa shape index (κ1) is 10.2. The second kappa shape index (κ2) is 4.45. The van der Waals surface area contributed by atoms with Crippen LogP contribution in [0.5, 0.6) is 5.75 Å². The van der Waals surface area contributed by atoms with Crippen LogP contribution in [0.25, 0.3) is 0 Å². The summed E-state index contributed by atoms with van der Waals surface area (Å²) in [5.41, 5.74) is 0. The predicted molar refractivity (Wildman–Crippen MR) is 61.1 cm³/mol. The van der Waals surface area contributed by atoms with E-state index in [1.54, 1.807) is 17.8 Å². The normalized spacial score (nSPS) is 10.5. The zero-order chi connectivity index (χ0) is 10.7. The lowest BCUT2D eigenvalue weighted by molar-refractivity contribution is 0.462. The van der Waals surface area contributed by atoms with Gasteiger partial charge in [0.25, 0.3) is 0 Å². The largest absolute Gasteiger partial charge is 0.507 e. The van der Waals surface area contributed by atoms with Gasteiger partial charge in [0.05, 0.1) is 5.75 Å². The molecule has 0 spiro atoms. The first-order valence-electron chi connectivity index (χ1n) is 4.72. The Labute approximate surface area is 92.9 Å². The standard InChI is InChI=1S/C12H12O2S/c1-9-6-7-10(14-9)8-15-12-5-3-2-4-11(12)13/h2-7,13H,8H2,1H3. The fraction of sp³-hybridized carbons (Fsp3) is 0.167. The maximum absolute atomic E-state index is 9.54. The number of para-hydroxylation sites is 1. The van der Waals surface area contributed by atoms with E-state index in [1.165, 1.54) is 0 Å². The molecule has 0 radical (unpaired) electrons. The molecule has 0 fully saturated rings. The number of phenols is 1. The van der Waals surface area contributed by atoms with Gasteiger partial charge in [0.2, 0.25) is 0 Å². The van der Waals surface area contributed by atoms with E-state index >= 15 is 0 Å². The Balaban J connectivity index is 2.02. The van der Waals surface area contributed by atoms with E-state index in [0.717, 1.165) is 22.2 Å². The number of benzene rings is 1. The summed E-state index contributed by atoms with van der Waals surface area (Å²) in [4.78, 5) is 0.881. The Morgan fingerprint density at radius 2 is 2.00 bits per heavy atom. The fourth-order valence-corrected chi connectivity index (χ4v) is 2.13. The number of thioether (sulfide) groups is 1. The van der Waals surface area contributed by atoms with Crippen LogP contribution in [0.2, 0.25) is 0 Å². The van der Waals surface area contributed by atoms with Crippen molar-refractivity contribution in [1.29, 1.82) is 0 Å². The van der Waals surface area contributed by atoms with E-state index in [4.69, 9.17) is 4.42 Å². The first-order chi connectivity index (χ1) is 7.25. The molecule has 2 aromatic rings. The van der Waals surface area contributed by atoms with Gasteiger partial charge in [0, 0.05) is 4.90 Å². The van der Waals surface area contributed by atoms with Crippen molar-refractivity contribution in [3.63, 3.8) is 0 Å². The first-order valence-corrected chi connectivity index (χ1v) is 5.70. The van der Waals surface area contributed by atoms with Gasteiger partial charge in [-0.3, -0.25) is 0 Å². The molecule has 1 heterocycles. The van der Waals surface area contributed by atoms with Crippen LogP contribution < -0.4 is 0 Å². The number of aromatic hydroxyl groups is 1. The number of aryl methyl sites for hydroxylation is 1. The molecule has 0 aliphatic rings. The SMILES string of the molecule is Cc1ccc(CSc2ccccc2O)o1. The molecule has 1 aromatic heterocycles. The van der Waals surface area contributed by atoms with Gasteiger partial charge in [-0.15, -0.1) is 11.8 Å². The second-order valence-electron chi connectivity index (χ2n) is 3.27. The van der Waals surface area contributed by atoms with Crippen molar-refractivity contribution in [2.45, 2.75) is 17.6 Å². The molecule has 0 aliphatic carbocycles. The Hall–Kier alpha value is -1.35. The summed E-state index contributed by atoms with van der Waals surface area (Å²) >= 11 is 1.57. The average Bonchev–Trinajstić information content (AvgIpc) is 2.63. The summed E-state index contributed by atoms with van der Waals surface area (Å²) in [6.45, 7) is 1.92. The van der Waals surface area contributed by atoms with Crippen LogP contribution in [0, 0.1) is 6.92 Å². The summed E-state index contributed by atoms with van der Waals surface area (Å²) in [6.07, 6.45) is 0. The van der Waals surface area contributed by atoms with Crippen molar-refractivity contribution in [3.05, 3.63) is 47.9 Å². The maximum Gasteiger partial charge on any atom is 0.129 e. The molecule has 0 saturated heterocycles. The van der Waals surface area contributed by atoms with Crippen LogP contribution in [0.4, 0.5) is 0 Å². The minimum atomic E-state index is 0.325. The third-order valence-electron chi connectivity index (χ3n) is 2.03. The topological polar surface area (TPSA) is 33.4 Å². The third-order valence-corrected chi connectivity index (χ3v) is 3.12. The van der Waals surface area contributed by atoms with Gasteiger partial charge < -0.3 is 9.52 Å². The number of hydrogen-bond acceptors (Lipinski definition) is 3. The van der Waals surface area contributed by atoms with Gasteiger partial charge in [-0.1, -0.05) is 12.1 Å². The lowest BCUT2D eigenvalue weighted by Crippen LogP contribution is -1.77. The van der Waals surface area contributed by atoms with Crippen LogP contribution in [0.1, 0.15) is 11.5 Å². The summed E-state index contributed by atoms with van der Waals surface area (Å²) in [7, 11) is 0. The predicted octanol–water partition coefficient (Wildman–Crippen LogP) is 3.59. The van der Waals surface area contributed by atoms with Gasteiger partial charge in [0.15, 0.2) is 0 Å². The zero-order valence-corrected chi connectivity index (χ0v) is 9.25. The van der Waals surface area contributed by atoms with Crippen LogP contribution >= 0.6 is 11.8 Å².